The van der Waals surface area contributed by atoms with Crippen molar-refractivity contribution in [1.82, 2.24) is 14.8 Å². The van der Waals surface area contributed by atoms with Crippen molar-refractivity contribution < 1.29 is 24.2 Å². The van der Waals surface area contributed by atoms with Crippen molar-refractivity contribution in [3.63, 3.8) is 0 Å². The summed E-state index contributed by atoms with van der Waals surface area (Å²) >= 11 is 0. The molecule has 3 amide bonds. The second kappa shape index (κ2) is 11.4. The molecule has 7 rings (SSSR count). The Balaban J connectivity index is 1.19. The van der Waals surface area contributed by atoms with Gasteiger partial charge in [-0.1, -0.05) is 60.7 Å². The summed E-state index contributed by atoms with van der Waals surface area (Å²) in [7, 11) is 3.47. The SMILES string of the molecule is COc1ccccc1CN1C(=O)C(NC(=O)C2CC(O)CN2C(=O)c2cn(C)c3ccccc23)Cc2cc3ccccc3cc21. The summed E-state index contributed by atoms with van der Waals surface area (Å²) in [6.45, 7) is 0.294. The van der Waals surface area contributed by atoms with Crippen LogP contribution in [0.3, 0.4) is 0 Å². The number of hydrogen-bond donors (Lipinski definition) is 2. The van der Waals surface area contributed by atoms with Crippen molar-refractivity contribution >= 4 is 45.1 Å². The summed E-state index contributed by atoms with van der Waals surface area (Å²) in [6.07, 6.45) is 1.31. The molecule has 45 heavy (non-hydrogen) atoms. The average molecular weight is 603 g/mol. The minimum atomic E-state index is -0.917. The lowest BCUT2D eigenvalue weighted by Gasteiger charge is -2.36. The summed E-state index contributed by atoms with van der Waals surface area (Å²) in [5.74, 6) is -0.364. The Kier molecular flexibility index (Phi) is 7.25. The molecule has 0 aliphatic carbocycles. The molecule has 1 aromatic heterocycles. The third-order valence-electron chi connectivity index (χ3n) is 9.03. The molecule has 2 N–H and O–H groups in total. The standard InChI is InChI=1S/C36H34N4O5/c1-38-21-28(27-12-6-7-13-30(27)38)35(43)40-20-26(41)18-32(40)34(42)37-29-16-25-15-22-9-3-4-10-23(22)17-31(25)39(36(29)44)19-24-11-5-8-14-33(24)45-2/h3-15,17,21,26,29,32,41H,16,18-20H2,1-2H3,(H,37,42). The quantitative estimate of drug-likeness (QED) is 0.304. The molecule has 0 spiro atoms. The van der Waals surface area contributed by atoms with E-state index in [4.69, 9.17) is 4.74 Å². The van der Waals surface area contributed by atoms with Crippen LogP contribution in [0.25, 0.3) is 21.7 Å². The summed E-state index contributed by atoms with van der Waals surface area (Å²) < 4.78 is 7.46. The van der Waals surface area contributed by atoms with Crippen molar-refractivity contribution in [3.05, 3.63) is 108 Å². The Morgan fingerprint density at radius 2 is 1.69 bits per heavy atom. The minimum Gasteiger partial charge on any atom is -0.496 e. The highest BCUT2D eigenvalue weighted by Gasteiger charge is 2.42. The summed E-state index contributed by atoms with van der Waals surface area (Å²) in [4.78, 5) is 45.0. The van der Waals surface area contributed by atoms with E-state index in [0.717, 1.165) is 38.5 Å². The molecular formula is C36H34N4O5. The number of nitrogens with zero attached hydrogens (tertiary/aromatic N) is 3. The smallest absolute Gasteiger partial charge is 0.256 e. The molecular weight excluding hydrogens is 568 g/mol. The third-order valence-corrected chi connectivity index (χ3v) is 9.03. The highest BCUT2D eigenvalue weighted by atomic mass is 16.5. The van der Waals surface area contributed by atoms with Crippen LogP contribution in [-0.4, -0.2) is 64.1 Å². The van der Waals surface area contributed by atoms with Gasteiger partial charge >= 0.3 is 0 Å². The van der Waals surface area contributed by atoms with Gasteiger partial charge < -0.3 is 29.5 Å². The molecule has 2 aliphatic rings. The number of aliphatic hydroxyl groups is 1. The molecule has 2 aliphatic heterocycles. The number of ether oxygens (including phenoxy) is 1. The molecule has 3 atom stereocenters. The zero-order valence-corrected chi connectivity index (χ0v) is 25.1. The van der Waals surface area contributed by atoms with Crippen LogP contribution < -0.4 is 15.0 Å². The Bertz CT molecular complexity index is 1970. The van der Waals surface area contributed by atoms with E-state index in [9.17, 15) is 19.5 Å². The van der Waals surface area contributed by atoms with E-state index in [-0.39, 0.29) is 31.3 Å². The molecule has 0 saturated carbocycles. The van der Waals surface area contributed by atoms with Crippen LogP contribution in [0.15, 0.2) is 91.1 Å². The Morgan fingerprint density at radius 3 is 2.49 bits per heavy atom. The van der Waals surface area contributed by atoms with Crippen molar-refractivity contribution in [2.75, 3.05) is 18.6 Å². The predicted octanol–water partition coefficient (Wildman–Crippen LogP) is 4.19. The number of β-amino-alcohol motifs (C(OH)–C–C–N with tert-alkyl or cyclic N) is 1. The van der Waals surface area contributed by atoms with E-state index in [0.29, 0.717) is 17.7 Å². The number of aliphatic hydroxyl groups excluding tert-OH is 1. The number of aryl methyl sites for hydroxylation is 1. The maximum absolute atomic E-state index is 14.2. The van der Waals surface area contributed by atoms with Crippen molar-refractivity contribution in [1.29, 1.82) is 0 Å². The number of anilines is 1. The Labute approximate surface area is 260 Å². The highest BCUT2D eigenvalue weighted by molar-refractivity contribution is 6.09. The largest absolute Gasteiger partial charge is 0.496 e. The number of amides is 3. The van der Waals surface area contributed by atoms with Crippen LogP contribution in [0.4, 0.5) is 5.69 Å². The van der Waals surface area contributed by atoms with Crippen LogP contribution in [0.2, 0.25) is 0 Å². The molecule has 9 heteroatoms. The van der Waals surface area contributed by atoms with Gasteiger partial charge in [-0.2, -0.15) is 0 Å². The number of benzene rings is 4. The molecule has 0 radical (unpaired) electrons. The summed E-state index contributed by atoms with van der Waals surface area (Å²) in [6, 6.07) is 25.5. The summed E-state index contributed by atoms with van der Waals surface area (Å²) in [5, 5.41) is 16.4. The number of carbonyl (C=O) groups excluding carboxylic acids is 3. The number of hydrogen-bond acceptors (Lipinski definition) is 5. The molecule has 4 aromatic carbocycles. The Hall–Kier alpha value is -5.15. The molecule has 5 aromatic rings. The topological polar surface area (TPSA) is 104 Å². The lowest BCUT2D eigenvalue weighted by Crippen LogP contribution is -2.56. The van der Waals surface area contributed by atoms with Crippen molar-refractivity contribution in [3.8, 4) is 5.75 Å². The van der Waals surface area contributed by atoms with Crippen LogP contribution in [-0.2, 0) is 29.6 Å². The van der Waals surface area contributed by atoms with Gasteiger partial charge in [-0.3, -0.25) is 14.4 Å². The predicted molar refractivity (Wildman–Crippen MR) is 172 cm³/mol. The first kappa shape index (κ1) is 28.6. The van der Waals surface area contributed by atoms with E-state index in [2.05, 4.69) is 11.4 Å². The second-order valence-corrected chi connectivity index (χ2v) is 11.9. The fraction of sp³-hybridized carbons (Fsp3) is 0.250. The number of likely N-dealkylation sites (tertiary alicyclic amines) is 1. The van der Waals surface area contributed by atoms with Gasteiger partial charge in [-0.15, -0.1) is 0 Å². The summed E-state index contributed by atoms with van der Waals surface area (Å²) in [5.41, 5.74) is 3.93. The van der Waals surface area contributed by atoms with E-state index >= 15 is 0 Å². The van der Waals surface area contributed by atoms with Gasteiger partial charge in [0.1, 0.15) is 17.8 Å². The maximum Gasteiger partial charge on any atom is 0.256 e. The fourth-order valence-electron chi connectivity index (χ4n) is 6.81. The van der Waals surface area contributed by atoms with E-state index < -0.39 is 24.1 Å². The number of para-hydroxylation sites is 2. The van der Waals surface area contributed by atoms with Gasteiger partial charge in [-0.25, -0.2) is 0 Å². The number of fused-ring (bicyclic) bond motifs is 3. The zero-order chi connectivity index (χ0) is 31.2. The van der Waals surface area contributed by atoms with Crippen molar-refractivity contribution in [2.24, 2.45) is 7.05 Å². The number of aromatic nitrogens is 1. The van der Waals surface area contributed by atoms with Gasteiger partial charge in [-0.05, 0) is 40.6 Å². The fourth-order valence-corrected chi connectivity index (χ4v) is 6.81. The molecule has 1 saturated heterocycles. The van der Waals surface area contributed by atoms with Crippen LogP contribution >= 0.6 is 0 Å². The van der Waals surface area contributed by atoms with Crippen molar-refractivity contribution in [2.45, 2.75) is 37.6 Å². The molecule has 1 fully saturated rings. The lowest BCUT2D eigenvalue weighted by atomic mass is 9.93. The van der Waals surface area contributed by atoms with Crippen LogP contribution in [0.5, 0.6) is 5.75 Å². The first-order chi connectivity index (χ1) is 21.8. The number of nitrogens with one attached hydrogen (secondary N) is 1. The molecule has 9 nitrogen and oxygen atoms in total. The monoisotopic (exact) mass is 602 g/mol. The van der Waals surface area contributed by atoms with Crippen LogP contribution in [0, 0.1) is 0 Å². The molecule has 3 heterocycles. The normalized spacial score (nSPS) is 19.6. The molecule has 228 valence electrons. The highest BCUT2D eigenvalue weighted by Crippen LogP contribution is 2.35. The zero-order valence-electron chi connectivity index (χ0n) is 25.1. The number of rotatable bonds is 6. The Morgan fingerprint density at radius 1 is 0.978 bits per heavy atom. The molecule has 3 unspecified atom stereocenters. The van der Waals surface area contributed by atoms with E-state index in [1.807, 2.05) is 90.5 Å². The second-order valence-electron chi connectivity index (χ2n) is 11.9. The number of carbonyl (C=O) groups is 3. The molecule has 0 bridgehead atoms. The minimum absolute atomic E-state index is 0.0352. The number of methoxy groups -OCH3 is 1. The van der Waals surface area contributed by atoms with Gasteiger partial charge in [0.05, 0.1) is 25.3 Å². The van der Waals surface area contributed by atoms with E-state index in [1.54, 1.807) is 18.2 Å². The van der Waals surface area contributed by atoms with Gasteiger partial charge in [0.2, 0.25) is 11.8 Å². The van der Waals surface area contributed by atoms with E-state index in [1.165, 1.54) is 4.90 Å². The van der Waals surface area contributed by atoms with Gasteiger partial charge in [0.15, 0.2) is 0 Å². The average Bonchev–Trinajstić information content (AvgIpc) is 3.62. The maximum atomic E-state index is 14.2. The van der Waals surface area contributed by atoms with Crippen LogP contribution in [0.1, 0.15) is 27.9 Å². The first-order valence-electron chi connectivity index (χ1n) is 15.1. The first-order valence-corrected chi connectivity index (χ1v) is 15.1. The third kappa shape index (κ3) is 5.09. The van der Waals surface area contributed by atoms with Gasteiger partial charge in [0.25, 0.3) is 5.91 Å². The van der Waals surface area contributed by atoms with Gasteiger partial charge in [0, 0.05) is 54.8 Å². The lowest BCUT2D eigenvalue weighted by molar-refractivity contribution is -0.130.